The standard InChI is InChI=1S/C18H19F2NO3/c1-24-17(11-18(22)21-23)16(13-4-8-15(20)9-5-13)10-12-2-6-14(19)7-3-12/h2-9,16-17,23H,10-11H2,1H3,(H,21,22)/t16-,17-/m1/s1. The zero-order valence-corrected chi connectivity index (χ0v) is 13.2. The van der Waals surface area contributed by atoms with Crippen molar-refractivity contribution in [2.45, 2.75) is 24.9 Å². The smallest absolute Gasteiger partial charge is 0.245 e. The fourth-order valence-electron chi connectivity index (χ4n) is 2.67. The first-order valence-electron chi connectivity index (χ1n) is 7.49. The quantitative estimate of drug-likeness (QED) is 0.603. The number of hydrogen-bond acceptors (Lipinski definition) is 3. The Morgan fingerprint density at radius 2 is 1.62 bits per heavy atom. The Labute approximate surface area is 139 Å². The molecule has 6 heteroatoms. The molecule has 0 saturated carbocycles. The van der Waals surface area contributed by atoms with E-state index in [1.165, 1.54) is 31.4 Å². The Kier molecular flexibility index (Phi) is 6.40. The molecule has 2 aromatic carbocycles. The van der Waals surface area contributed by atoms with Gasteiger partial charge in [0.15, 0.2) is 0 Å². The van der Waals surface area contributed by atoms with Gasteiger partial charge in [0.05, 0.1) is 12.5 Å². The average molecular weight is 335 g/mol. The van der Waals surface area contributed by atoms with E-state index >= 15 is 0 Å². The average Bonchev–Trinajstić information content (AvgIpc) is 2.60. The lowest BCUT2D eigenvalue weighted by molar-refractivity contribution is -0.132. The summed E-state index contributed by atoms with van der Waals surface area (Å²) in [5.74, 6) is -1.53. The number of rotatable bonds is 7. The van der Waals surface area contributed by atoms with Crippen LogP contribution in [0.4, 0.5) is 8.78 Å². The lowest BCUT2D eigenvalue weighted by atomic mass is 9.85. The first-order chi connectivity index (χ1) is 11.5. The van der Waals surface area contributed by atoms with Crippen molar-refractivity contribution in [3.05, 3.63) is 71.3 Å². The second-order valence-electron chi connectivity index (χ2n) is 5.50. The van der Waals surface area contributed by atoms with Crippen molar-refractivity contribution in [1.29, 1.82) is 0 Å². The molecule has 0 aliphatic heterocycles. The maximum atomic E-state index is 13.2. The third-order valence-electron chi connectivity index (χ3n) is 3.93. The number of hydroxylamine groups is 1. The van der Waals surface area contributed by atoms with Crippen molar-refractivity contribution in [1.82, 2.24) is 5.48 Å². The zero-order valence-electron chi connectivity index (χ0n) is 13.2. The molecule has 0 heterocycles. The largest absolute Gasteiger partial charge is 0.380 e. The van der Waals surface area contributed by atoms with E-state index in [9.17, 15) is 13.6 Å². The topological polar surface area (TPSA) is 58.6 Å². The number of hydrogen-bond donors (Lipinski definition) is 2. The van der Waals surface area contributed by atoms with E-state index in [-0.39, 0.29) is 24.0 Å². The fraction of sp³-hybridized carbons (Fsp3) is 0.278. The monoisotopic (exact) mass is 335 g/mol. The molecule has 0 aliphatic carbocycles. The molecular formula is C18H19F2NO3. The molecule has 1 amide bonds. The van der Waals surface area contributed by atoms with Crippen LogP contribution in [0.3, 0.4) is 0 Å². The maximum Gasteiger partial charge on any atom is 0.245 e. The summed E-state index contributed by atoms with van der Waals surface area (Å²) in [6.07, 6.45) is -0.119. The van der Waals surface area contributed by atoms with Crippen LogP contribution < -0.4 is 5.48 Å². The third kappa shape index (κ3) is 4.84. The first-order valence-corrected chi connectivity index (χ1v) is 7.49. The Hall–Kier alpha value is -2.31. The third-order valence-corrected chi connectivity index (χ3v) is 3.93. The minimum Gasteiger partial charge on any atom is -0.380 e. The van der Waals surface area contributed by atoms with E-state index in [1.807, 2.05) is 0 Å². The number of ether oxygens (including phenoxy) is 1. The zero-order chi connectivity index (χ0) is 17.5. The molecule has 4 nitrogen and oxygen atoms in total. The van der Waals surface area contributed by atoms with Gasteiger partial charge in [0.2, 0.25) is 5.91 Å². The highest BCUT2D eigenvalue weighted by Gasteiger charge is 2.26. The Balaban J connectivity index is 2.30. The Morgan fingerprint density at radius 3 is 2.12 bits per heavy atom. The second kappa shape index (κ2) is 8.52. The fourth-order valence-corrected chi connectivity index (χ4v) is 2.67. The van der Waals surface area contributed by atoms with Gasteiger partial charge in [-0.15, -0.1) is 0 Å². The molecule has 0 bridgehead atoms. The van der Waals surface area contributed by atoms with Crippen LogP contribution in [-0.4, -0.2) is 24.3 Å². The summed E-state index contributed by atoms with van der Waals surface area (Å²) < 4.78 is 31.7. The predicted octanol–water partition coefficient (Wildman–Crippen LogP) is 3.20. The van der Waals surface area contributed by atoms with Gasteiger partial charge in [0.1, 0.15) is 11.6 Å². The Morgan fingerprint density at radius 1 is 1.08 bits per heavy atom. The van der Waals surface area contributed by atoms with Gasteiger partial charge >= 0.3 is 0 Å². The van der Waals surface area contributed by atoms with Crippen LogP contribution in [0.25, 0.3) is 0 Å². The van der Waals surface area contributed by atoms with Crippen LogP contribution in [0, 0.1) is 11.6 Å². The second-order valence-corrected chi connectivity index (χ2v) is 5.50. The van der Waals surface area contributed by atoms with Gasteiger partial charge in [-0.25, -0.2) is 14.3 Å². The van der Waals surface area contributed by atoms with Gasteiger partial charge in [0, 0.05) is 13.0 Å². The molecule has 0 radical (unpaired) electrons. The van der Waals surface area contributed by atoms with Gasteiger partial charge in [-0.1, -0.05) is 24.3 Å². The van der Waals surface area contributed by atoms with E-state index in [4.69, 9.17) is 9.94 Å². The molecule has 0 unspecified atom stereocenters. The molecule has 0 saturated heterocycles. The molecule has 0 fully saturated rings. The van der Waals surface area contributed by atoms with Crippen molar-refractivity contribution in [2.24, 2.45) is 0 Å². The van der Waals surface area contributed by atoms with E-state index in [0.717, 1.165) is 11.1 Å². The minimum absolute atomic E-state index is 0.0593. The summed E-state index contributed by atoms with van der Waals surface area (Å²) in [4.78, 5) is 11.5. The molecule has 2 aromatic rings. The van der Waals surface area contributed by atoms with Crippen molar-refractivity contribution < 1.29 is 23.5 Å². The lowest BCUT2D eigenvalue weighted by Crippen LogP contribution is -2.31. The maximum absolute atomic E-state index is 13.2. The molecule has 2 N–H and O–H groups in total. The van der Waals surface area contributed by atoms with E-state index in [0.29, 0.717) is 6.42 Å². The van der Waals surface area contributed by atoms with Crippen molar-refractivity contribution in [3.63, 3.8) is 0 Å². The number of nitrogens with one attached hydrogen (secondary N) is 1. The molecule has 0 spiro atoms. The number of carbonyl (C=O) groups is 1. The normalized spacial score (nSPS) is 13.3. The molecule has 0 aliphatic rings. The summed E-state index contributed by atoms with van der Waals surface area (Å²) in [6.45, 7) is 0. The highest BCUT2D eigenvalue weighted by Crippen LogP contribution is 2.28. The first kappa shape index (κ1) is 18.0. The SMILES string of the molecule is CO[C@H](CC(=O)NO)[C@H](Cc1ccc(F)cc1)c1ccc(F)cc1. The molecule has 128 valence electrons. The van der Waals surface area contributed by atoms with Crippen LogP contribution in [0.5, 0.6) is 0 Å². The molecule has 2 rings (SSSR count). The van der Waals surface area contributed by atoms with Gasteiger partial charge in [-0.2, -0.15) is 0 Å². The van der Waals surface area contributed by atoms with Crippen molar-refractivity contribution >= 4 is 5.91 Å². The van der Waals surface area contributed by atoms with E-state index in [2.05, 4.69) is 0 Å². The number of benzene rings is 2. The minimum atomic E-state index is -0.576. The summed E-state index contributed by atoms with van der Waals surface area (Å²) in [5.41, 5.74) is 3.24. The summed E-state index contributed by atoms with van der Waals surface area (Å²) in [5, 5.41) is 8.74. The van der Waals surface area contributed by atoms with Gasteiger partial charge in [-0.05, 0) is 41.8 Å². The summed E-state index contributed by atoms with van der Waals surface area (Å²) in [7, 11) is 1.47. The molecular weight excluding hydrogens is 316 g/mol. The Bertz CT molecular complexity index is 659. The van der Waals surface area contributed by atoms with E-state index < -0.39 is 12.0 Å². The van der Waals surface area contributed by atoms with Crippen molar-refractivity contribution in [3.8, 4) is 0 Å². The highest BCUT2D eigenvalue weighted by molar-refractivity contribution is 5.75. The number of halogens is 2. The van der Waals surface area contributed by atoms with Crippen LogP contribution >= 0.6 is 0 Å². The molecule has 2 atom stereocenters. The van der Waals surface area contributed by atoms with Gasteiger partial charge < -0.3 is 4.74 Å². The van der Waals surface area contributed by atoms with Crippen LogP contribution in [0.15, 0.2) is 48.5 Å². The van der Waals surface area contributed by atoms with E-state index in [1.54, 1.807) is 29.7 Å². The van der Waals surface area contributed by atoms with Gasteiger partial charge in [0.25, 0.3) is 0 Å². The van der Waals surface area contributed by atoms with Crippen molar-refractivity contribution in [2.75, 3.05) is 7.11 Å². The molecule has 0 aromatic heterocycles. The molecule has 24 heavy (non-hydrogen) atoms. The van der Waals surface area contributed by atoms with Gasteiger partial charge in [-0.3, -0.25) is 10.0 Å². The van der Waals surface area contributed by atoms with Crippen LogP contribution in [0.1, 0.15) is 23.5 Å². The summed E-state index contributed by atoms with van der Waals surface area (Å²) >= 11 is 0. The van der Waals surface area contributed by atoms with Crippen LogP contribution in [0.2, 0.25) is 0 Å². The number of carbonyl (C=O) groups excluding carboxylic acids is 1. The predicted molar refractivity (Wildman–Crippen MR) is 84.6 cm³/mol. The summed E-state index contributed by atoms with van der Waals surface area (Å²) in [6, 6.07) is 12.0. The lowest BCUT2D eigenvalue weighted by Gasteiger charge is -2.26. The van der Waals surface area contributed by atoms with Crippen LogP contribution in [-0.2, 0) is 16.0 Å². The number of methoxy groups -OCH3 is 1. The number of amides is 1. The highest BCUT2D eigenvalue weighted by atomic mass is 19.1.